The smallest absolute Gasteiger partial charge is 0.526 e. The molecular formula is C25H30BN5O8S. The van der Waals surface area contributed by atoms with E-state index < -0.39 is 52.6 Å². The number of nitrogens with one attached hydrogen (secondary N) is 2. The number of likely N-dealkylation sites (N-methyl/N-ethyl adjacent to an activating group) is 1. The number of piperazine rings is 1. The van der Waals surface area contributed by atoms with Gasteiger partial charge in [-0.1, -0.05) is 18.2 Å². The molecule has 1 saturated heterocycles. The number of hydrogen-bond acceptors (Lipinski definition) is 9. The van der Waals surface area contributed by atoms with E-state index in [1.54, 1.807) is 6.92 Å². The Balaban J connectivity index is 1.57. The van der Waals surface area contributed by atoms with Crippen molar-refractivity contribution in [1.82, 2.24) is 20.1 Å². The predicted octanol–water partition coefficient (Wildman–Crippen LogP) is 0.648. The highest BCUT2D eigenvalue weighted by molar-refractivity contribution is 7.92. The number of aromatic nitrogens is 1. The molecular weight excluding hydrogens is 541 g/mol. The quantitative estimate of drug-likeness (QED) is 0.303. The Bertz CT molecular complexity index is 1440. The Labute approximate surface area is 232 Å². The van der Waals surface area contributed by atoms with Gasteiger partial charge < -0.3 is 19.9 Å². The van der Waals surface area contributed by atoms with Crippen LogP contribution in [0, 0.1) is 6.92 Å². The fourth-order valence-electron chi connectivity index (χ4n) is 4.73. The number of Topliss-reactive ketones (excluding diaryl/α,β-unsaturated/α-hetero) is 1. The van der Waals surface area contributed by atoms with Crippen LogP contribution >= 0.6 is 0 Å². The summed E-state index contributed by atoms with van der Waals surface area (Å²) in [5.74, 6) is -2.44. The first-order valence-corrected chi connectivity index (χ1v) is 14.6. The van der Waals surface area contributed by atoms with Gasteiger partial charge in [0.1, 0.15) is 11.8 Å². The molecule has 4 amide bonds. The third-order valence-electron chi connectivity index (χ3n) is 6.79. The highest BCUT2D eigenvalue weighted by Crippen LogP contribution is 2.36. The van der Waals surface area contributed by atoms with Crippen LogP contribution in [0.2, 0.25) is 5.82 Å². The molecule has 2 aliphatic rings. The molecule has 0 spiro atoms. The summed E-state index contributed by atoms with van der Waals surface area (Å²) in [6, 6.07) is 5.98. The molecule has 0 saturated carbocycles. The van der Waals surface area contributed by atoms with Crippen molar-refractivity contribution in [2.24, 2.45) is 0 Å². The topological polar surface area (TPSA) is 175 Å². The van der Waals surface area contributed by atoms with Crippen LogP contribution < -0.4 is 14.7 Å². The van der Waals surface area contributed by atoms with Gasteiger partial charge in [-0.15, -0.1) is 0 Å². The molecule has 2 aliphatic heterocycles. The number of ketones is 1. The van der Waals surface area contributed by atoms with Gasteiger partial charge in [-0.2, -0.15) is 0 Å². The number of carbonyl (C=O) groups is 4. The van der Waals surface area contributed by atoms with Crippen molar-refractivity contribution in [3.63, 3.8) is 0 Å². The second-order valence-corrected chi connectivity index (χ2v) is 11.5. The first-order valence-electron chi connectivity index (χ1n) is 12.7. The van der Waals surface area contributed by atoms with Gasteiger partial charge in [-0.05, 0) is 43.5 Å². The van der Waals surface area contributed by atoms with Crippen LogP contribution in [0.1, 0.15) is 36.2 Å². The molecule has 40 heavy (non-hydrogen) atoms. The molecule has 0 bridgehead atoms. The van der Waals surface area contributed by atoms with Gasteiger partial charge >= 0.3 is 25.0 Å². The molecule has 2 aromatic rings. The number of rotatable bonds is 8. The highest BCUT2D eigenvalue weighted by atomic mass is 32.2. The number of hydrogen-bond donors (Lipinski definition) is 3. The molecule has 1 fully saturated rings. The molecule has 15 heteroatoms. The van der Waals surface area contributed by atoms with Crippen molar-refractivity contribution in [1.29, 1.82) is 0 Å². The molecule has 13 nitrogen and oxygen atoms in total. The number of aryl methyl sites for hydroxylation is 1. The number of pyridine rings is 1. The molecule has 0 radical (unpaired) electrons. The number of sulfonamides is 1. The number of amides is 4. The second kappa shape index (κ2) is 11.6. The summed E-state index contributed by atoms with van der Waals surface area (Å²) in [5.41, 5.74) is 1.89. The third kappa shape index (κ3) is 6.42. The number of fused-ring (bicyclic) bond motifs is 1. The number of nitrogens with zero attached hydrogens (tertiary/aromatic N) is 3. The van der Waals surface area contributed by atoms with Gasteiger partial charge in [0.25, 0.3) is 0 Å². The summed E-state index contributed by atoms with van der Waals surface area (Å²) in [7, 11) is -4.85. The molecule has 3 N–H and O–H groups in total. The Morgan fingerprint density at radius 3 is 2.60 bits per heavy atom. The van der Waals surface area contributed by atoms with Gasteiger partial charge in [0.2, 0.25) is 10.0 Å². The van der Waals surface area contributed by atoms with E-state index in [1.165, 1.54) is 23.2 Å². The summed E-state index contributed by atoms with van der Waals surface area (Å²) in [4.78, 5) is 57.8. The fourth-order valence-corrected chi connectivity index (χ4v) is 5.28. The van der Waals surface area contributed by atoms with Gasteiger partial charge in [0, 0.05) is 31.9 Å². The first-order chi connectivity index (χ1) is 18.9. The lowest BCUT2D eigenvalue weighted by Gasteiger charge is -2.33. The maximum Gasteiger partial charge on any atom is 0.526 e. The predicted molar refractivity (Wildman–Crippen MR) is 145 cm³/mol. The summed E-state index contributed by atoms with van der Waals surface area (Å²) in [6.07, 6.45) is 2.30. The van der Waals surface area contributed by atoms with Crippen molar-refractivity contribution >= 4 is 46.5 Å². The van der Waals surface area contributed by atoms with Gasteiger partial charge in [0.15, 0.2) is 5.78 Å². The Hall–Kier alpha value is -3.98. The minimum atomic E-state index is -3.58. The van der Waals surface area contributed by atoms with E-state index in [0.717, 1.165) is 22.3 Å². The largest absolute Gasteiger partial charge is 0.536 e. The molecule has 1 aromatic heterocycles. The average molecular weight is 571 g/mol. The Morgan fingerprint density at radius 2 is 1.95 bits per heavy atom. The minimum absolute atomic E-state index is 0.0544. The molecule has 1 aromatic carbocycles. The van der Waals surface area contributed by atoms with E-state index in [2.05, 4.69) is 15.0 Å². The van der Waals surface area contributed by atoms with Crippen molar-refractivity contribution in [2.45, 2.75) is 38.5 Å². The summed E-state index contributed by atoms with van der Waals surface area (Å²) < 4.78 is 31.1. The zero-order valence-corrected chi connectivity index (χ0v) is 23.1. The number of anilines is 1. The monoisotopic (exact) mass is 571 g/mol. The van der Waals surface area contributed by atoms with E-state index in [4.69, 9.17) is 4.65 Å². The van der Waals surface area contributed by atoms with Crippen LogP contribution in [0.5, 0.6) is 5.75 Å². The van der Waals surface area contributed by atoms with Crippen molar-refractivity contribution in [3.05, 3.63) is 53.3 Å². The second-order valence-electron chi connectivity index (χ2n) is 9.78. The van der Waals surface area contributed by atoms with Crippen LogP contribution in [0.25, 0.3) is 0 Å². The summed E-state index contributed by atoms with van der Waals surface area (Å²) in [6.45, 7) is 3.98. The Morgan fingerprint density at radius 1 is 1.20 bits per heavy atom. The van der Waals surface area contributed by atoms with Crippen LogP contribution in [-0.2, 0) is 30.8 Å². The standard InChI is InChI=1S/C25H30BN5O8S/c1-4-30-10-11-31(24(34)23(30)33)25(35)28-21(19-9-8-18(14-27-19)29-40(3,37)38)20(32)13-17-12-16-7-5-6-15(2)22(16)39-26(17)36/h5-9,14,17,21,29,36H,4,10-13H2,1-3H3,(H,28,35)/t17-,21?/m1/s1. The van der Waals surface area contributed by atoms with E-state index >= 15 is 0 Å². The zero-order valence-electron chi connectivity index (χ0n) is 22.3. The molecule has 212 valence electrons. The van der Waals surface area contributed by atoms with Gasteiger partial charge in [0.05, 0.1) is 23.8 Å². The van der Waals surface area contributed by atoms with E-state index in [9.17, 15) is 32.6 Å². The third-order valence-corrected chi connectivity index (χ3v) is 7.40. The lowest BCUT2D eigenvalue weighted by molar-refractivity contribution is -0.153. The molecule has 4 rings (SSSR count). The first kappa shape index (κ1) is 29.0. The molecule has 1 unspecified atom stereocenters. The van der Waals surface area contributed by atoms with Crippen LogP contribution in [-0.4, -0.2) is 84.9 Å². The summed E-state index contributed by atoms with van der Waals surface area (Å²) in [5, 5.41) is 13.2. The lowest BCUT2D eigenvalue weighted by atomic mass is 9.64. The minimum Gasteiger partial charge on any atom is -0.536 e. The maximum atomic E-state index is 13.6. The average Bonchev–Trinajstić information content (AvgIpc) is 2.89. The van der Waals surface area contributed by atoms with Crippen LogP contribution in [0.4, 0.5) is 10.5 Å². The normalized spacial score (nSPS) is 18.1. The van der Waals surface area contributed by atoms with Gasteiger partial charge in [-0.25, -0.2) is 13.2 Å². The fraction of sp³-hybridized carbons (Fsp3) is 0.400. The van der Waals surface area contributed by atoms with Crippen molar-refractivity contribution < 1.29 is 37.3 Å². The Kier molecular flexibility index (Phi) is 8.44. The van der Waals surface area contributed by atoms with E-state index in [0.29, 0.717) is 18.7 Å². The van der Waals surface area contributed by atoms with Crippen molar-refractivity contribution in [2.75, 3.05) is 30.6 Å². The number of urea groups is 1. The number of carbonyl (C=O) groups excluding carboxylic acids is 4. The highest BCUT2D eigenvalue weighted by Gasteiger charge is 2.40. The van der Waals surface area contributed by atoms with E-state index in [1.807, 2.05) is 25.1 Å². The van der Waals surface area contributed by atoms with Crippen molar-refractivity contribution in [3.8, 4) is 5.75 Å². The molecule has 3 heterocycles. The SMILES string of the molecule is CCN1CCN(C(=O)NC(C(=O)C[C@H]2Cc3cccc(C)c3OB2O)c2ccc(NS(C)(=O)=O)cn2)C(=O)C1=O. The summed E-state index contributed by atoms with van der Waals surface area (Å²) >= 11 is 0. The number of benzene rings is 1. The van der Waals surface area contributed by atoms with E-state index in [-0.39, 0.29) is 30.9 Å². The van der Waals surface area contributed by atoms with Crippen LogP contribution in [0.15, 0.2) is 36.5 Å². The van der Waals surface area contributed by atoms with Crippen LogP contribution in [0.3, 0.4) is 0 Å². The molecule has 2 atom stereocenters. The molecule has 0 aliphatic carbocycles. The number of para-hydroxylation sites is 1. The number of imide groups is 1. The zero-order chi connectivity index (χ0) is 29.2. The maximum absolute atomic E-state index is 13.6. The lowest BCUT2D eigenvalue weighted by Crippen LogP contribution is -2.58. The van der Waals surface area contributed by atoms with Gasteiger partial charge in [-0.3, -0.25) is 29.0 Å².